The predicted molar refractivity (Wildman–Crippen MR) is 123 cm³/mol. The molecule has 4 aromatic rings. The summed E-state index contributed by atoms with van der Waals surface area (Å²) >= 11 is 1.56. The molecule has 3 heterocycles. The van der Waals surface area contributed by atoms with Crippen LogP contribution in [0.5, 0.6) is 0 Å². The molecule has 2 aromatic carbocycles. The van der Waals surface area contributed by atoms with E-state index in [-0.39, 0.29) is 24.2 Å². The second-order valence-corrected chi connectivity index (χ2v) is 9.15. The molecule has 7 heteroatoms. The lowest BCUT2D eigenvalue weighted by atomic mass is 9.93. The van der Waals surface area contributed by atoms with Crippen molar-refractivity contribution in [2.24, 2.45) is 0 Å². The van der Waals surface area contributed by atoms with Gasteiger partial charge in [0, 0.05) is 18.5 Å². The lowest BCUT2D eigenvalue weighted by Gasteiger charge is -2.44. The molecule has 2 aromatic heterocycles. The lowest BCUT2D eigenvalue weighted by molar-refractivity contribution is -0.133. The number of halogens is 1. The number of hydrogen-bond donors (Lipinski definition) is 1. The van der Waals surface area contributed by atoms with Crippen LogP contribution < -0.4 is 5.32 Å². The first-order valence-electron chi connectivity index (χ1n) is 10.4. The van der Waals surface area contributed by atoms with E-state index in [1.54, 1.807) is 28.4 Å². The molecule has 0 spiro atoms. The lowest BCUT2D eigenvalue weighted by Crippen LogP contribution is -2.63. The van der Waals surface area contributed by atoms with E-state index in [2.05, 4.69) is 5.32 Å². The highest BCUT2D eigenvalue weighted by Gasteiger charge is 2.47. The Balaban J connectivity index is 1.49. The summed E-state index contributed by atoms with van der Waals surface area (Å²) in [7, 11) is 0. The zero-order valence-corrected chi connectivity index (χ0v) is 18.4. The van der Waals surface area contributed by atoms with Gasteiger partial charge in [0.2, 0.25) is 5.91 Å². The fraction of sp³-hybridized carbons (Fsp3) is 0.200. The molecule has 0 unspecified atom stereocenters. The first-order valence-corrected chi connectivity index (χ1v) is 11.3. The normalized spacial score (nSPS) is 18.1. The van der Waals surface area contributed by atoms with Gasteiger partial charge in [0.05, 0.1) is 6.54 Å². The minimum atomic E-state index is -1.09. The van der Waals surface area contributed by atoms with Gasteiger partial charge in [-0.3, -0.25) is 9.59 Å². The smallest absolute Gasteiger partial charge is 0.271 e. The van der Waals surface area contributed by atoms with Crippen molar-refractivity contribution in [3.8, 4) is 0 Å². The first-order chi connectivity index (χ1) is 15.5. The molecule has 0 aliphatic carbocycles. The Bertz CT molecular complexity index is 1300. The Morgan fingerprint density at radius 1 is 1.09 bits per heavy atom. The zero-order chi connectivity index (χ0) is 22.3. The Labute approximate surface area is 189 Å². The van der Waals surface area contributed by atoms with E-state index >= 15 is 0 Å². The van der Waals surface area contributed by atoms with Crippen LogP contribution in [0.3, 0.4) is 0 Å². The summed E-state index contributed by atoms with van der Waals surface area (Å²) in [5.41, 5.74) is 1.27. The molecule has 0 saturated carbocycles. The number of aromatic nitrogens is 1. The molecule has 0 bridgehead atoms. The molecule has 1 aliphatic heterocycles. The van der Waals surface area contributed by atoms with Crippen LogP contribution in [0.2, 0.25) is 0 Å². The van der Waals surface area contributed by atoms with E-state index in [4.69, 9.17) is 0 Å². The molecule has 1 N–H and O–H groups in total. The molecule has 1 atom stereocenters. The Morgan fingerprint density at radius 3 is 2.59 bits per heavy atom. The molecule has 0 fully saturated rings. The highest BCUT2D eigenvalue weighted by Crippen LogP contribution is 2.35. The van der Waals surface area contributed by atoms with Crippen LogP contribution in [-0.2, 0) is 24.4 Å². The molecule has 5 rings (SSSR count). The number of carbonyl (C=O) groups excluding carboxylic acids is 2. The maximum absolute atomic E-state index is 13.6. The average molecular weight is 448 g/mol. The maximum Gasteiger partial charge on any atom is 0.271 e. The van der Waals surface area contributed by atoms with Gasteiger partial charge in [-0.25, -0.2) is 4.39 Å². The third-order valence-corrected chi connectivity index (χ3v) is 7.02. The van der Waals surface area contributed by atoms with Crippen LogP contribution in [0, 0.1) is 5.82 Å². The first kappa shape index (κ1) is 20.5. The van der Waals surface area contributed by atoms with Crippen molar-refractivity contribution in [1.82, 2.24) is 14.8 Å². The van der Waals surface area contributed by atoms with Crippen molar-refractivity contribution < 1.29 is 14.0 Å². The van der Waals surface area contributed by atoms with Crippen molar-refractivity contribution in [2.45, 2.75) is 32.1 Å². The Morgan fingerprint density at radius 2 is 1.84 bits per heavy atom. The van der Waals surface area contributed by atoms with E-state index in [1.165, 1.54) is 12.1 Å². The SMILES string of the molecule is C[C@@]1(C(=O)NCc2ccc(F)cc2)Cn2c(cc3ccsc32)C(=O)N1Cc1ccccc1. The summed E-state index contributed by atoms with van der Waals surface area (Å²) in [6.45, 7) is 2.77. The number of nitrogens with one attached hydrogen (secondary N) is 1. The fourth-order valence-electron chi connectivity index (χ4n) is 4.25. The van der Waals surface area contributed by atoms with Gasteiger partial charge < -0.3 is 14.8 Å². The number of thiophene rings is 1. The molecule has 0 saturated heterocycles. The number of amides is 2. The molecular formula is C25H22FN3O2S. The highest BCUT2D eigenvalue weighted by molar-refractivity contribution is 7.16. The van der Waals surface area contributed by atoms with Gasteiger partial charge >= 0.3 is 0 Å². The fourth-order valence-corrected chi connectivity index (χ4v) is 5.14. The van der Waals surface area contributed by atoms with Gasteiger partial charge in [-0.05, 0) is 47.7 Å². The van der Waals surface area contributed by atoms with E-state index in [1.807, 2.05) is 59.3 Å². The van der Waals surface area contributed by atoms with E-state index in [0.29, 0.717) is 18.8 Å². The third-order valence-electron chi connectivity index (χ3n) is 6.07. The van der Waals surface area contributed by atoms with Gasteiger partial charge in [-0.2, -0.15) is 0 Å². The molecule has 162 valence electrons. The van der Waals surface area contributed by atoms with Crippen molar-refractivity contribution in [2.75, 3.05) is 0 Å². The van der Waals surface area contributed by atoms with Crippen LogP contribution >= 0.6 is 11.3 Å². The van der Waals surface area contributed by atoms with Crippen LogP contribution in [0.15, 0.2) is 72.1 Å². The minimum Gasteiger partial charge on any atom is -0.350 e. The average Bonchev–Trinajstić information content (AvgIpc) is 3.39. The van der Waals surface area contributed by atoms with Crippen molar-refractivity contribution in [3.63, 3.8) is 0 Å². The van der Waals surface area contributed by atoms with Crippen LogP contribution in [0.25, 0.3) is 10.2 Å². The van der Waals surface area contributed by atoms with Crippen molar-refractivity contribution in [3.05, 3.63) is 94.7 Å². The molecular weight excluding hydrogens is 425 g/mol. The summed E-state index contributed by atoms with van der Waals surface area (Å²) < 4.78 is 15.2. The summed E-state index contributed by atoms with van der Waals surface area (Å²) in [5.74, 6) is -0.725. The minimum absolute atomic E-state index is 0.164. The van der Waals surface area contributed by atoms with Gasteiger partial charge in [0.1, 0.15) is 21.9 Å². The monoisotopic (exact) mass is 447 g/mol. The summed E-state index contributed by atoms with van der Waals surface area (Å²) in [4.78, 5) is 29.8. The Hall–Kier alpha value is -3.45. The van der Waals surface area contributed by atoms with Gasteiger partial charge in [0.25, 0.3) is 5.91 Å². The Kier molecular flexibility index (Phi) is 5.06. The number of fused-ring (bicyclic) bond motifs is 3. The van der Waals surface area contributed by atoms with E-state index in [0.717, 1.165) is 21.3 Å². The second-order valence-electron chi connectivity index (χ2n) is 8.26. The van der Waals surface area contributed by atoms with Crippen LogP contribution in [-0.4, -0.2) is 26.8 Å². The zero-order valence-electron chi connectivity index (χ0n) is 17.5. The second kappa shape index (κ2) is 7.91. The molecule has 0 radical (unpaired) electrons. The number of benzene rings is 2. The summed E-state index contributed by atoms with van der Waals surface area (Å²) in [6.07, 6.45) is 0. The van der Waals surface area contributed by atoms with Crippen molar-refractivity contribution >= 4 is 33.4 Å². The third kappa shape index (κ3) is 3.48. The number of nitrogens with zero attached hydrogens (tertiary/aromatic N) is 2. The quantitative estimate of drug-likeness (QED) is 0.487. The van der Waals surface area contributed by atoms with Crippen LogP contribution in [0.1, 0.15) is 28.5 Å². The van der Waals surface area contributed by atoms with Crippen LogP contribution in [0.4, 0.5) is 4.39 Å². The highest BCUT2D eigenvalue weighted by atomic mass is 32.1. The largest absolute Gasteiger partial charge is 0.350 e. The van der Waals surface area contributed by atoms with Gasteiger partial charge in [-0.15, -0.1) is 11.3 Å². The van der Waals surface area contributed by atoms with E-state index in [9.17, 15) is 14.0 Å². The number of hydrogen-bond acceptors (Lipinski definition) is 3. The standard InChI is InChI=1S/C25H22FN3O2S/c1-25(24(31)27-14-17-7-9-20(26)10-8-17)16-28-21(13-19-11-12-32-23(19)28)22(30)29(25)15-18-5-3-2-4-6-18/h2-13H,14-16H2,1H3,(H,27,31)/t25-/m0/s1. The molecule has 32 heavy (non-hydrogen) atoms. The summed E-state index contributed by atoms with van der Waals surface area (Å²) in [6, 6.07) is 19.6. The van der Waals surface area contributed by atoms with Crippen molar-refractivity contribution in [1.29, 1.82) is 0 Å². The molecule has 2 amide bonds. The molecule has 1 aliphatic rings. The topological polar surface area (TPSA) is 54.3 Å². The van der Waals surface area contributed by atoms with E-state index < -0.39 is 5.54 Å². The van der Waals surface area contributed by atoms with Gasteiger partial charge in [0.15, 0.2) is 0 Å². The molecule has 5 nitrogen and oxygen atoms in total. The number of carbonyl (C=O) groups is 2. The number of rotatable bonds is 5. The predicted octanol–water partition coefficient (Wildman–Crippen LogP) is 4.57. The summed E-state index contributed by atoms with van der Waals surface area (Å²) in [5, 5.41) is 5.96. The maximum atomic E-state index is 13.6. The van der Waals surface area contributed by atoms with Gasteiger partial charge in [-0.1, -0.05) is 42.5 Å².